The van der Waals surface area contributed by atoms with Crippen LogP contribution in [0.3, 0.4) is 0 Å². The molecule has 0 aromatic rings. The molecule has 5 nitrogen and oxygen atoms in total. The normalized spacial score (nSPS) is 23.0. The van der Waals surface area contributed by atoms with Crippen molar-refractivity contribution in [2.24, 2.45) is 10.7 Å². The molecule has 1 rings (SSSR count). The van der Waals surface area contributed by atoms with E-state index in [1.807, 2.05) is 33.8 Å². The zero-order valence-electron chi connectivity index (χ0n) is 10.7. The molecule has 1 aliphatic rings. The van der Waals surface area contributed by atoms with E-state index < -0.39 is 18.3 Å². The standard InChI is InChI=1S/C11H18BN3O2/c1-10(2)11(3,4)17-12(16-10)9(7-14)8-15-6-5-13/h7-8H,6,14H2,1-4H3. The molecule has 0 amide bonds. The van der Waals surface area contributed by atoms with Crippen LogP contribution in [0.25, 0.3) is 0 Å². The van der Waals surface area contributed by atoms with Crippen molar-refractivity contribution >= 4 is 13.3 Å². The number of nitrogens with zero attached hydrogens (tertiary/aromatic N) is 2. The summed E-state index contributed by atoms with van der Waals surface area (Å²) in [4.78, 5) is 3.91. The fourth-order valence-corrected chi connectivity index (χ4v) is 1.35. The van der Waals surface area contributed by atoms with Crippen molar-refractivity contribution in [2.45, 2.75) is 38.9 Å². The van der Waals surface area contributed by atoms with Gasteiger partial charge in [0.05, 0.1) is 17.3 Å². The molecule has 0 aromatic heterocycles. The van der Waals surface area contributed by atoms with Crippen LogP contribution in [0.5, 0.6) is 0 Å². The van der Waals surface area contributed by atoms with Crippen molar-refractivity contribution in [2.75, 3.05) is 6.54 Å². The van der Waals surface area contributed by atoms with Gasteiger partial charge in [-0.2, -0.15) is 5.26 Å². The molecular weight excluding hydrogens is 217 g/mol. The summed E-state index contributed by atoms with van der Waals surface area (Å²) in [6, 6.07) is 1.92. The predicted molar refractivity (Wildman–Crippen MR) is 67.3 cm³/mol. The SMILES string of the molecule is CC1(C)OB(C(C=NCC#N)=CN)OC1(C)C. The zero-order valence-corrected chi connectivity index (χ0v) is 10.7. The molecule has 0 aliphatic carbocycles. The Balaban J connectivity index is 2.79. The highest BCUT2D eigenvalue weighted by Crippen LogP contribution is 2.38. The van der Waals surface area contributed by atoms with Gasteiger partial charge in [-0.05, 0) is 33.9 Å². The lowest BCUT2D eigenvalue weighted by molar-refractivity contribution is 0.00578. The Morgan fingerprint density at radius 3 is 2.29 bits per heavy atom. The van der Waals surface area contributed by atoms with Crippen LogP contribution < -0.4 is 5.73 Å². The van der Waals surface area contributed by atoms with E-state index in [2.05, 4.69) is 4.99 Å². The van der Waals surface area contributed by atoms with E-state index in [1.165, 1.54) is 12.4 Å². The van der Waals surface area contributed by atoms with Crippen LogP contribution in [-0.2, 0) is 9.31 Å². The molecule has 92 valence electrons. The fraction of sp³-hybridized carbons (Fsp3) is 0.636. The minimum Gasteiger partial charge on any atom is -0.405 e. The summed E-state index contributed by atoms with van der Waals surface area (Å²) in [6.07, 6.45) is 2.91. The first-order chi connectivity index (χ1) is 7.84. The van der Waals surface area contributed by atoms with Crippen LogP contribution in [0, 0.1) is 11.3 Å². The summed E-state index contributed by atoms with van der Waals surface area (Å²) in [7, 11) is -0.535. The molecule has 0 unspecified atom stereocenters. The zero-order chi connectivity index (χ0) is 13.1. The Hall–Kier alpha value is -1.32. The monoisotopic (exact) mass is 235 g/mol. The molecule has 0 spiro atoms. The first-order valence-corrected chi connectivity index (χ1v) is 5.48. The summed E-state index contributed by atoms with van der Waals surface area (Å²) in [5, 5.41) is 8.41. The number of rotatable bonds is 3. The second-order valence-electron chi connectivity index (χ2n) is 4.88. The van der Waals surface area contributed by atoms with E-state index in [-0.39, 0.29) is 6.54 Å². The molecule has 2 N–H and O–H groups in total. The third-order valence-electron chi connectivity index (χ3n) is 3.12. The van der Waals surface area contributed by atoms with Crippen molar-refractivity contribution in [1.29, 1.82) is 5.26 Å². The largest absolute Gasteiger partial charge is 0.497 e. The maximum absolute atomic E-state index is 8.41. The van der Waals surface area contributed by atoms with Gasteiger partial charge in [-0.25, -0.2) is 0 Å². The minimum absolute atomic E-state index is 0.0941. The molecule has 0 saturated carbocycles. The van der Waals surface area contributed by atoms with Gasteiger partial charge in [0.2, 0.25) is 0 Å². The molecular formula is C11H18BN3O2. The molecule has 17 heavy (non-hydrogen) atoms. The molecule has 0 aromatic carbocycles. The highest BCUT2D eigenvalue weighted by molar-refractivity contribution is 6.60. The lowest BCUT2D eigenvalue weighted by Gasteiger charge is -2.32. The summed E-state index contributed by atoms with van der Waals surface area (Å²) in [5.41, 5.74) is 5.32. The van der Waals surface area contributed by atoms with Crippen LogP contribution >= 0.6 is 0 Å². The van der Waals surface area contributed by atoms with Crippen molar-refractivity contribution in [1.82, 2.24) is 0 Å². The third kappa shape index (κ3) is 2.87. The van der Waals surface area contributed by atoms with Gasteiger partial charge >= 0.3 is 7.12 Å². The Kier molecular flexibility index (Phi) is 3.96. The van der Waals surface area contributed by atoms with Crippen LogP contribution in [0.1, 0.15) is 27.7 Å². The van der Waals surface area contributed by atoms with E-state index in [4.69, 9.17) is 20.3 Å². The Labute approximate surface area is 102 Å². The molecule has 1 saturated heterocycles. The van der Waals surface area contributed by atoms with Gasteiger partial charge in [0.15, 0.2) is 0 Å². The second-order valence-corrected chi connectivity index (χ2v) is 4.88. The maximum atomic E-state index is 8.41. The highest BCUT2D eigenvalue weighted by Gasteiger charge is 2.52. The van der Waals surface area contributed by atoms with Gasteiger partial charge in [0.1, 0.15) is 6.54 Å². The lowest BCUT2D eigenvalue weighted by atomic mass is 9.79. The van der Waals surface area contributed by atoms with Gasteiger partial charge in [-0.3, -0.25) is 4.99 Å². The Morgan fingerprint density at radius 2 is 1.88 bits per heavy atom. The van der Waals surface area contributed by atoms with Crippen LogP contribution in [0.4, 0.5) is 0 Å². The molecule has 0 atom stereocenters. The van der Waals surface area contributed by atoms with Crippen molar-refractivity contribution < 1.29 is 9.31 Å². The van der Waals surface area contributed by atoms with Gasteiger partial charge < -0.3 is 15.0 Å². The van der Waals surface area contributed by atoms with E-state index in [0.29, 0.717) is 5.47 Å². The number of allylic oxidation sites excluding steroid dienone is 1. The Bertz CT molecular complexity index is 367. The lowest BCUT2D eigenvalue weighted by Crippen LogP contribution is -2.41. The minimum atomic E-state index is -0.535. The summed E-state index contributed by atoms with van der Waals surface area (Å²) in [5.74, 6) is 0. The number of hydrogen-bond donors (Lipinski definition) is 1. The predicted octanol–water partition coefficient (Wildman–Crippen LogP) is 1.05. The maximum Gasteiger partial charge on any atom is 0.497 e. The van der Waals surface area contributed by atoms with Gasteiger partial charge in [0.25, 0.3) is 0 Å². The first kappa shape index (κ1) is 13.7. The summed E-state index contributed by atoms with van der Waals surface area (Å²) >= 11 is 0. The number of hydrogen-bond acceptors (Lipinski definition) is 5. The molecule has 1 fully saturated rings. The smallest absolute Gasteiger partial charge is 0.405 e. The van der Waals surface area contributed by atoms with Crippen molar-refractivity contribution in [3.05, 3.63) is 11.7 Å². The number of aliphatic imine (C=N–C) groups is 1. The fourth-order valence-electron chi connectivity index (χ4n) is 1.35. The van der Waals surface area contributed by atoms with Crippen LogP contribution in [-0.4, -0.2) is 31.1 Å². The number of nitrogens with two attached hydrogens (primary N) is 1. The molecule has 0 bridgehead atoms. The molecule has 6 heteroatoms. The van der Waals surface area contributed by atoms with Crippen molar-refractivity contribution in [3.63, 3.8) is 0 Å². The highest BCUT2D eigenvalue weighted by atomic mass is 16.7. The van der Waals surface area contributed by atoms with Gasteiger partial charge in [0, 0.05) is 11.7 Å². The van der Waals surface area contributed by atoms with E-state index in [1.54, 1.807) is 0 Å². The van der Waals surface area contributed by atoms with E-state index >= 15 is 0 Å². The average molecular weight is 235 g/mol. The van der Waals surface area contributed by atoms with Gasteiger partial charge in [-0.1, -0.05) is 0 Å². The molecule has 1 heterocycles. The van der Waals surface area contributed by atoms with E-state index in [0.717, 1.165) is 0 Å². The van der Waals surface area contributed by atoms with E-state index in [9.17, 15) is 0 Å². The first-order valence-electron chi connectivity index (χ1n) is 5.48. The summed E-state index contributed by atoms with van der Waals surface area (Å²) in [6.45, 7) is 7.96. The average Bonchev–Trinajstić information content (AvgIpc) is 2.43. The second kappa shape index (κ2) is 4.90. The van der Waals surface area contributed by atoms with Crippen LogP contribution in [0.2, 0.25) is 0 Å². The number of nitriles is 1. The topological polar surface area (TPSA) is 80.6 Å². The van der Waals surface area contributed by atoms with Crippen molar-refractivity contribution in [3.8, 4) is 6.07 Å². The summed E-state index contributed by atoms with van der Waals surface area (Å²) < 4.78 is 11.6. The van der Waals surface area contributed by atoms with Gasteiger partial charge in [-0.15, -0.1) is 0 Å². The molecule has 0 radical (unpaired) electrons. The molecule has 1 aliphatic heterocycles. The van der Waals surface area contributed by atoms with Crippen LogP contribution in [0.15, 0.2) is 16.7 Å². The quantitative estimate of drug-likeness (QED) is 0.450. The Morgan fingerprint density at radius 1 is 1.35 bits per heavy atom. The third-order valence-corrected chi connectivity index (χ3v) is 3.12.